The van der Waals surface area contributed by atoms with Gasteiger partial charge >= 0.3 is 0 Å². The fourth-order valence-corrected chi connectivity index (χ4v) is 2.76. The van der Waals surface area contributed by atoms with Crippen molar-refractivity contribution in [1.82, 2.24) is 0 Å². The normalized spacial score (nSPS) is 19.9. The summed E-state index contributed by atoms with van der Waals surface area (Å²) in [5.41, 5.74) is 7.16. The zero-order valence-electron chi connectivity index (χ0n) is 11.7. The molecule has 1 atom stereocenters. The van der Waals surface area contributed by atoms with Gasteiger partial charge in [-0.1, -0.05) is 18.2 Å². The van der Waals surface area contributed by atoms with Crippen molar-refractivity contribution in [2.24, 2.45) is 5.73 Å². The maximum atomic E-state index is 6.51. The number of benzene rings is 1. The number of methoxy groups -OCH3 is 1. The number of nitrogens with two attached hydrogens (primary N) is 1. The molecule has 0 saturated carbocycles. The van der Waals surface area contributed by atoms with Gasteiger partial charge in [0, 0.05) is 38.2 Å². The molecule has 1 aromatic rings. The first-order valence-electron chi connectivity index (χ1n) is 6.83. The molecule has 1 aliphatic heterocycles. The van der Waals surface area contributed by atoms with Crippen LogP contribution in [0.25, 0.3) is 0 Å². The van der Waals surface area contributed by atoms with Crippen molar-refractivity contribution in [2.45, 2.75) is 31.4 Å². The lowest BCUT2D eigenvalue weighted by Gasteiger charge is -2.41. The van der Waals surface area contributed by atoms with Crippen LogP contribution in [0.5, 0.6) is 5.75 Å². The van der Waals surface area contributed by atoms with Gasteiger partial charge in [-0.3, -0.25) is 0 Å². The first kappa shape index (κ1) is 14.3. The highest BCUT2D eigenvalue weighted by Gasteiger charge is 2.41. The van der Waals surface area contributed by atoms with Gasteiger partial charge in [0.15, 0.2) is 0 Å². The highest BCUT2D eigenvalue weighted by atomic mass is 16.5. The first-order valence-corrected chi connectivity index (χ1v) is 6.83. The Balaban J connectivity index is 2.30. The number of hydrogen-bond donors (Lipinski definition) is 1. The van der Waals surface area contributed by atoms with E-state index in [1.165, 1.54) is 0 Å². The Morgan fingerprint density at radius 2 is 2.00 bits per heavy atom. The van der Waals surface area contributed by atoms with Crippen LogP contribution in [0, 0.1) is 0 Å². The minimum absolute atomic E-state index is 0.201. The Hall–Kier alpha value is -1.10. The van der Waals surface area contributed by atoms with Gasteiger partial charge in [0.05, 0.1) is 18.8 Å². The molecule has 0 bridgehead atoms. The molecule has 0 aromatic heterocycles. The summed E-state index contributed by atoms with van der Waals surface area (Å²) in [6, 6.07) is 7.68. The molecule has 0 radical (unpaired) electrons. The van der Waals surface area contributed by atoms with Gasteiger partial charge in [-0.25, -0.2) is 0 Å². The monoisotopic (exact) mass is 265 g/mol. The number of hydrogen-bond acceptors (Lipinski definition) is 4. The Kier molecular flexibility index (Phi) is 4.80. The molecule has 1 saturated heterocycles. The molecule has 1 heterocycles. The van der Waals surface area contributed by atoms with Crippen molar-refractivity contribution >= 4 is 0 Å². The summed E-state index contributed by atoms with van der Waals surface area (Å²) in [5, 5.41) is 0. The topological polar surface area (TPSA) is 53.7 Å². The SMILES string of the molecule is CCOC1(C(N)c2ccccc2OC)CCOCC1. The molecule has 106 valence electrons. The van der Waals surface area contributed by atoms with Crippen molar-refractivity contribution in [2.75, 3.05) is 26.9 Å². The molecule has 19 heavy (non-hydrogen) atoms. The molecule has 1 unspecified atom stereocenters. The smallest absolute Gasteiger partial charge is 0.123 e. The first-order chi connectivity index (χ1) is 9.23. The number of ether oxygens (including phenoxy) is 3. The van der Waals surface area contributed by atoms with Crippen LogP contribution < -0.4 is 10.5 Å². The van der Waals surface area contributed by atoms with Gasteiger partial charge in [-0.15, -0.1) is 0 Å². The van der Waals surface area contributed by atoms with Gasteiger partial charge < -0.3 is 19.9 Å². The second-order valence-corrected chi connectivity index (χ2v) is 4.83. The van der Waals surface area contributed by atoms with Crippen LogP contribution in [0.3, 0.4) is 0 Å². The zero-order valence-corrected chi connectivity index (χ0v) is 11.7. The predicted molar refractivity (Wildman–Crippen MR) is 74.3 cm³/mol. The third-order valence-electron chi connectivity index (χ3n) is 3.81. The lowest BCUT2D eigenvalue weighted by atomic mass is 9.82. The van der Waals surface area contributed by atoms with Gasteiger partial charge in [0.2, 0.25) is 0 Å². The minimum atomic E-state index is -0.346. The van der Waals surface area contributed by atoms with E-state index in [4.69, 9.17) is 19.9 Å². The summed E-state index contributed by atoms with van der Waals surface area (Å²) in [6.45, 7) is 4.06. The van der Waals surface area contributed by atoms with Gasteiger partial charge in [0.1, 0.15) is 5.75 Å². The van der Waals surface area contributed by atoms with Gasteiger partial charge in [-0.2, -0.15) is 0 Å². The third kappa shape index (κ3) is 2.91. The van der Waals surface area contributed by atoms with Crippen molar-refractivity contribution in [3.05, 3.63) is 29.8 Å². The Bertz CT molecular complexity index is 397. The van der Waals surface area contributed by atoms with Crippen LogP contribution in [0.15, 0.2) is 24.3 Å². The van der Waals surface area contributed by atoms with E-state index in [0.29, 0.717) is 19.8 Å². The van der Waals surface area contributed by atoms with Crippen LogP contribution >= 0.6 is 0 Å². The van der Waals surface area contributed by atoms with E-state index in [-0.39, 0.29) is 11.6 Å². The molecular weight excluding hydrogens is 242 g/mol. The molecule has 0 amide bonds. The van der Waals surface area contributed by atoms with Gasteiger partial charge in [0.25, 0.3) is 0 Å². The van der Waals surface area contributed by atoms with E-state index < -0.39 is 0 Å². The van der Waals surface area contributed by atoms with Crippen LogP contribution in [0.4, 0.5) is 0 Å². The molecule has 1 fully saturated rings. The van der Waals surface area contributed by atoms with E-state index in [1.807, 2.05) is 31.2 Å². The van der Waals surface area contributed by atoms with Gasteiger partial charge in [-0.05, 0) is 13.0 Å². The van der Waals surface area contributed by atoms with Crippen molar-refractivity contribution < 1.29 is 14.2 Å². The number of rotatable bonds is 5. The molecule has 2 rings (SSSR count). The summed E-state index contributed by atoms with van der Waals surface area (Å²) in [5.74, 6) is 0.820. The molecule has 1 aromatic carbocycles. The van der Waals surface area contributed by atoms with Crippen LogP contribution in [-0.2, 0) is 9.47 Å². The van der Waals surface area contributed by atoms with E-state index in [1.54, 1.807) is 7.11 Å². The van der Waals surface area contributed by atoms with E-state index >= 15 is 0 Å². The van der Waals surface area contributed by atoms with E-state index in [9.17, 15) is 0 Å². The Morgan fingerprint density at radius 3 is 2.63 bits per heavy atom. The van der Waals surface area contributed by atoms with Crippen LogP contribution in [0.2, 0.25) is 0 Å². The lowest BCUT2D eigenvalue weighted by molar-refractivity contribution is -0.121. The molecule has 1 aliphatic rings. The Morgan fingerprint density at radius 1 is 1.32 bits per heavy atom. The summed E-state index contributed by atoms with van der Waals surface area (Å²) in [7, 11) is 1.67. The zero-order chi connectivity index (χ0) is 13.7. The lowest BCUT2D eigenvalue weighted by Crippen LogP contribution is -2.48. The number of para-hydroxylation sites is 1. The second kappa shape index (κ2) is 6.37. The van der Waals surface area contributed by atoms with Crippen molar-refractivity contribution in [3.8, 4) is 5.75 Å². The average molecular weight is 265 g/mol. The second-order valence-electron chi connectivity index (χ2n) is 4.83. The minimum Gasteiger partial charge on any atom is -0.496 e. The van der Waals surface area contributed by atoms with Crippen molar-refractivity contribution in [3.63, 3.8) is 0 Å². The average Bonchev–Trinajstić information content (AvgIpc) is 2.47. The standard InChI is InChI=1S/C15H23NO3/c1-3-19-15(8-10-18-11-9-15)14(16)12-6-4-5-7-13(12)17-2/h4-7,14H,3,8-11,16H2,1-2H3. The molecule has 2 N–H and O–H groups in total. The van der Waals surface area contributed by atoms with E-state index in [0.717, 1.165) is 24.2 Å². The fraction of sp³-hybridized carbons (Fsp3) is 0.600. The van der Waals surface area contributed by atoms with Crippen LogP contribution in [0.1, 0.15) is 31.4 Å². The van der Waals surface area contributed by atoms with Crippen LogP contribution in [-0.4, -0.2) is 32.5 Å². The summed E-state index contributed by atoms with van der Waals surface area (Å²) in [4.78, 5) is 0. The largest absolute Gasteiger partial charge is 0.496 e. The molecular formula is C15H23NO3. The predicted octanol–water partition coefficient (Wildman–Crippen LogP) is 2.28. The maximum absolute atomic E-state index is 6.51. The molecule has 4 heteroatoms. The van der Waals surface area contributed by atoms with Crippen molar-refractivity contribution in [1.29, 1.82) is 0 Å². The molecule has 4 nitrogen and oxygen atoms in total. The summed E-state index contributed by atoms with van der Waals surface area (Å²) < 4.78 is 16.9. The molecule has 0 spiro atoms. The summed E-state index contributed by atoms with van der Waals surface area (Å²) >= 11 is 0. The quantitative estimate of drug-likeness (QED) is 0.887. The fourth-order valence-electron chi connectivity index (χ4n) is 2.76. The highest BCUT2D eigenvalue weighted by Crippen LogP contribution is 2.39. The van der Waals surface area contributed by atoms with E-state index in [2.05, 4.69) is 0 Å². The maximum Gasteiger partial charge on any atom is 0.123 e. The molecule has 0 aliphatic carbocycles. The third-order valence-corrected chi connectivity index (χ3v) is 3.81. The summed E-state index contributed by atoms with van der Waals surface area (Å²) in [6.07, 6.45) is 1.64. The Labute approximate surface area is 114 Å². The highest BCUT2D eigenvalue weighted by molar-refractivity contribution is 5.37.